The molecule has 6 nitrogen and oxygen atoms in total. The number of nitrogens with zero attached hydrogens (tertiary/aromatic N) is 2. The molecule has 0 aliphatic carbocycles. The van der Waals surface area contributed by atoms with Crippen molar-refractivity contribution < 1.29 is 27.8 Å². The number of carbonyl (C=O) groups excluding carboxylic acids is 2. The molecule has 0 bridgehead atoms. The molecule has 130 valence electrons. The fourth-order valence-corrected chi connectivity index (χ4v) is 2.71. The molecule has 0 spiro atoms. The van der Waals surface area contributed by atoms with Crippen molar-refractivity contribution in [3.8, 4) is 5.75 Å². The standard InChI is InChI=1S/C17H14F2N2O4/c1-24-10-7-13(20-14(8-10)17(23)25-2)16(22)21-4-3-11-12(19)5-9(18)6-15(11)21/h5-8H,3-4H2,1-2H3. The number of fused-ring (bicyclic) bond motifs is 1. The van der Waals surface area contributed by atoms with E-state index in [1.54, 1.807) is 0 Å². The normalized spacial score (nSPS) is 12.7. The Labute approximate surface area is 142 Å². The summed E-state index contributed by atoms with van der Waals surface area (Å²) in [5, 5.41) is 0. The Balaban J connectivity index is 2.02. The first-order chi connectivity index (χ1) is 11.9. The van der Waals surface area contributed by atoms with E-state index in [1.165, 1.54) is 31.3 Å². The van der Waals surface area contributed by atoms with Crippen molar-refractivity contribution in [2.24, 2.45) is 0 Å². The van der Waals surface area contributed by atoms with Gasteiger partial charge in [-0.15, -0.1) is 0 Å². The number of halogens is 2. The van der Waals surface area contributed by atoms with Gasteiger partial charge in [0.05, 0.1) is 19.9 Å². The van der Waals surface area contributed by atoms with Crippen LogP contribution >= 0.6 is 0 Å². The first-order valence-electron chi connectivity index (χ1n) is 7.38. The molecule has 0 unspecified atom stereocenters. The summed E-state index contributed by atoms with van der Waals surface area (Å²) in [5.74, 6) is -2.55. The maximum atomic E-state index is 13.9. The maximum Gasteiger partial charge on any atom is 0.356 e. The molecule has 25 heavy (non-hydrogen) atoms. The summed E-state index contributed by atoms with van der Waals surface area (Å²) in [6.07, 6.45) is 0.265. The number of carbonyl (C=O) groups is 2. The molecule has 2 aromatic rings. The molecule has 0 atom stereocenters. The van der Waals surface area contributed by atoms with Gasteiger partial charge in [-0.05, 0) is 12.5 Å². The van der Waals surface area contributed by atoms with Gasteiger partial charge in [-0.1, -0.05) is 0 Å². The Morgan fingerprint density at radius 1 is 1.12 bits per heavy atom. The van der Waals surface area contributed by atoms with Crippen LogP contribution in [0.2, 0.25) is 0 Å². The summed E-state index contributed by atoms with van der Waals surface area (Å²) >= 11 is 0. The van der Waals surface area contributed by atoms with Crippen LogP contribution in [0.1, 0.15) is 26.5 Å². The van der Waals surface area contributed by atoms with Crippen molar-refractivity contribution in [2.45, 2.75) is 6.42 Å². The zero-order valence-corrected chi connectivity index (χ0v) is 13.5. The van der Waals surface area contributed by atoms with Crippen LogP contribution < -0.4 is 9.64 Å². The largest absolute Gasteiger partial charge is 0.497 e. The number of amides is 1. The summed E-state index contributed by atoms with van der Waals surface area (Å²) in [6, 6.07) is 4.57. The summed E-state index contributed by atoms with van der Waals surface area (Å²) in [6.45, 7) is 0.182. The molecule has 0 radical (unpaired) electrons. The fraction of sp³-hybridized carbons (Fsp3) is 0.235. The molecular formula is C17H14F2N2O4. The van der Waals surface area contributed by atoms with E-state index in [2.05, 4.69) is 9.72 Å². The number of methoxy groups -OCH3 is 2. The highest BCUT2D eigenvalue weighted by molar-refractivity contribution is 6.06. The second-order valence-electron chi connectivity index (χ2n) is 5.36. The van der Waals surface area contributed by atoms with Gasteiger partial charge in [0.1, 0.15) is 23.1 Å². The number of esters is 1. The number of anilines is 1. The van der Waals surface area contributed by atoms with Crippen LogP contribution in [0, 0.1) is 11.6 Å². The van der Waals surface area contributed by atoms with Gasteiger partial charge in [0.2, 0.25) is 0 Å². The van der Waals surface area contributed by atoms with Gasteiger partial charge in [-0.3, -0.25) is 4.79 Å². The van der Waals surface area contributed by atoms with Crippen molar-refractivity contribution in [1.29, 1.82) is 0 Å². The van der Waals surface area contributed by atoms with Crippen LogP contribution in [0.3, 0.4) is 0 Å². The van der Waals surface area contributed by atoms with Crippen molar-refractivity contribution in [1.82, 2.24) is 4.98 Å². The van der Waals surface area contributed by atoms with Crippen molar-refractivity contribution >= 4 is 17.6 Å². The molecule has 2 heterocycles. The third-order valence-electron chi connectivity index (χ3n) is 3.91. The summed E-state index contributed by atoms with van der Waals surface area (Å²) in [5.41, 5.74) is 0.241. The highest BCUT2D eigenvalue weighted by atomic mass is 19.1. The molecule has 0 N–H and O–H groups in total. The van der Waals surface area contributed by atoms with Crippen LogP contribution in [-0.4, -0.2) is 37.6 Å². The lowest BCUT2D eigenvalue weighted by molar-refractivity contribution is 0.0593. The van der Waals surface area contributed by atoms with Crippen LogP contribution in [0.25, 0.3) is 0 Å². The summed E-state index contributed by atoms with van der Waals surface area (Å²) in [4.78, 5) is 29.7. The smallest absolute Gasteiger partial charge is 0.356 e. The van der Waals surface area contributed by atoms with Gasteiger partial charge in [-0.2, -0.15) is 0 Å². The lowest BCUT2D eigenvalue weighted by atomic mass is 10.1. The maximum absolute atomic E-state index is 13.9. The van der Waals surface area contributed by atoms with E-state index in [1.807, 2.05) is 0 Å². The zero-order chi connectivity index (χ0) is 18.1. The van der Waals surface area contributed by atoms with E-state index in [4.69, 9.17) is 4.74 Å². The number of rotatable bonds is 3. The molecule has 1 aliphatic rings. The lowest BCUT2D eigenvalue weighted by Crippen LogP contribution is -2.30. The topological polar surface area (TPSA) is 68.7 Å². The van der Waals surface area contributed by atoms with Crippen LogP contribution in [0.15, 0.2) is 24.3 Å². The van der Waals surface area contributed by atoms with Gasteiger partial charge in [0.15, 0.2) is 5.69 Å². The zero-order valence-electron chi connectivity index (χ0n) is 13.5. The molecule has 1 aliphatic heterocycles. The van der Waals surface area contributed by atoms with E-state index < -0.39 is 23.5 Å². The number of aromatic nitrogens is 1. The van der Waals surface area contributed by atoms with Crippen molar-refractivity contribution in [2.75, 3.05) is 25.7 Å². The van der Waals surface area contributed by atoms with Crippen LogP contribution in [0.4, 0.5) is 14.5 Å². The van der Waals surface area contributed by atoms with Gasteiger partial charge < -0.3 is 14.4 Å². The average Bonchev–Trinajstić information content (AvgIpc) is 3.03. The summed E-state index contributed by atoms with van der Waals surface area (Å²) < 4.78 is 37.0. The Kier molecular flexibility index (Phi) is 4.35. The molecule has 0 fully saturated rings. The molecule has 8 heteroatoms. The molecule has 0 saturated carbocycles. The van der Waals surface area contributed by atoms with Crippen molar-refractivity contribution in [3.05, 3.63) is 52.9 Å². The van der Waals surface area contributed by atoms with Crippen LogP contribution in [0.5, 0.6) is 5.75 Å². The SMILES string of the molecule is COC(=O)c1cc(OC)cc(C(=O)N2CCc3c(F)cc(F)cc32)n1. The Hall–Kier alpha value is -3.03. The van der Waals surface area contributed by atoms with E-state index in [0.29, 0.717) is 0 Å². The summed E-state index contributed by atoms with van der Waals surface area (Å²) in [7, 11) is 2.56. The number of hydrogen-bond donors (Lipinski definition) is 0. The van der Waals surface area contributed by atoms with Crippen LogP contribution in [-0.2, 0) is 11.2 Å². The quantitative estimate of drug-likeness (QED) is 0.797. The van der Waals surface area contributed by atoms with Crippen molar-refractivity contribution in [3.63, 3.8) is 0 Å². The third-order valence-corrected chi connectivity index (χ3v) is 3.91. The minimum atomic E-state index is -0.773. The number of benzene rings is 1. The predicted octanol–water partition coefficient (Wildman–Crippen LogP) is 2.36. The van der Waals surface area contributed by atoms with Gasteiger partial charge in [0, 0.05) is 30.3 Å². The molecule has 3 rings (SSSR count). The highest BCUT2D eigenvalue weighted by Crippen LogP contribution is 2.32. The predicted molar refractivity (Wildman–Crippen MR) is 83.9 cm³/mol. The fourth-order valence-electron chi connectivity index (χ4n) is 2.71. The first-order valence-corrected chi connectivity index (χ1v) is 7.38. The van der Waals surface area contributed by atoms with E-state index in [0.717, 1.165) is 12.1 Å². The Morgan fingerprint density at radius 3 is 2.52 bits per heavy atom. The van der Waals surface area contributed by atoms with Gasteiger partial charge in [-0.25, -0.2) is 18.6 Å². The lowest BCUT2D eigenvalue weighted by Gasteiger charge is -2.17. The number of ether oxygens (including phenoxy) is 2. The number of pyridine rings is 1. The average molecular weight is 348 g/mol. The molecule has 1 aromatic heterocycles. The minimum Gasteiger partial charge on any atom is -0.497 e. The second-order valence-corrected chi connectivity index (χ2v) is 5.36. The first kappa shape index (κ1) is 16.8. The Bertz CT molecular complexity index is 870. The van der Waals surface area contributed by atoms with Gasteiger partial charge in [0.25, 0.3) is 5.91 Å². The number of hydrogen-bond acceptors (Lipinski definition) is 5. The molecule has 1 amide bonds. The molecular weight excluding hydrogens is 334 g/mol. The van der Waals surface area contributed by atoms with E-state index in [9.17, 15) is 18.4 Å². The molecule has 0 saturated heterocycles. The second kappa shape index (κ2) is 6.46. The van der Waals surface area contributed by atoms with E-state index >= 15 is 0 Å². The molecule has 1 aromatic carbocycles. The highest BCUT2D eigenvalue weighted by Gasteiger charge is 2.30. The minimum absolute atomic E-state index is 0.0859. The van der Waals surface area contributed by atoms with Gasteiger partial charge >= 0.3 is 5.97 Å². The Morgan fingerprint density at radius 2 is 1.84 bits per heavy atom. The van der Waals surface area contributed by atoms with E-state index in [-0.39, 0.29) is 41.4 Å². The monoisotopic (exact) mass is 348 g/mol. The third kappa shape index (κ3) is 3.02.